The van der Waals surface area contributed by atoms with Crippen molar-refractivity contribution in [3.8, 4) is 0 Å². The summed E-state index contributed by atoms with van der Waals surface area (Å²) in [5.74, 6) is 0. The van der Waals surface area contributed by atoms with Crippen LogP contribution in [0.2, 0.25) is 0 Å². The summed E-state index contributed by atoms with van der Waals surface area (Å²) in [6.07, 6.45) is 3.62. The van der Waals surface area contributed by atoms with Gasteiger partial charge in [-0.3, -0.25) is 0 Å². The lowest BCUT2D eigenvalue weighted by Gasteiger charge is -2.08. The third kappa shape index (κ3) is 8.27. The first kappa shape index (κ1) is 12.9. The van der Waals surface area contributed by atoms with E-state index in [4.69, 9.17) is 0 Å². The zero-order valence-electron chi connectivity index (χ0n) is 7.69. The number of methoxy groups -OCH3 is 1. The maximum Gasteiger partial charge on any atom is 0.429 e. The monoisotopic (exact) mass is 224 g/mol. The summed E-state index contributed by atoms with van der Waals surface area (Å²) in [7, 11) is 1.25. The summed E-state index contributed by atoms with van der Waals surface area (Å²) in [6, 6.07) is 0. The minimum absolute atomic E-state index is 0.591. The lowest BCUT2D eigenvalue weighted by atomic mass is 10.2. The van der Waals surface area contributed by atoms with Gasteiger partial charge in [0, 0.05) is 0 Å². The zero-order chi connectivity index (χ0) is 10.1. The van der Waals surface area contributed by atoms with E-state index in [1.54, 1.807) is 0 Å². The van der Waals surface area contributed by atoms with Gasteiger partial charge in [-0.1, -0.05) is 6.42 Å². The number of hydrogen-bond donors (Lipinski definition) is 3. The lowest BCUT2D eigenvalue weighted by Crippen LogP contribution is -2.21. The van der Waals surface area contributed by atoms with E-state index in [1.807, 2.05) is 0 Å². The minimum Gasteiger partial charge on any atom is -0.452 e. The van der Waals surface area contributed by atoms with E-state index in [-0.39, 0.29) is 0 Å². The Morgan fingerprint density at radius 3 is 1.92 bits per heavy atom. The molecule has 1 amide bonds. The maximum atomic E-state index is 10.1. The van der Waals surface area contributed by atoms with Gasteiger partial charge in [-0.05, 0) is 51.6 Å². The molecule has 0 aromatic heterocycles. The molecule has 0 spiro atoms. The fourth-order valence-electron chi connectivity index (χ4n) is 0.883. The van der Waals surface area contributed by atoms with Gasteiger partial charge in [-0.25, -0.2) is 4.79 Å². The smallest absolute Gasteiger partial charge is 0.429 e. The van der Waals surface area contributed by atoms with Crippen LogP contribution in [0, 0.1) is 0 Å². The highest BCUT2D eigenvalue weighted by Gasteiger charge is 2.00. The lowest BCUT2D eigenvalue weighted by molar-refractivity contribution is 0.167. The first-order chi connectivity index (χ1) is 6.18. The van der Waals surface area contributed by atoms with Crippen molar-refractivity contribution >= 4 is 31.7 Å². The van der Waals surface area contributed by atoms with Crippen molar-refractivity contribution in [1.82, 2.24) is 9.03 Å². The van der Waals surface area contributed by atoms with Crippen molar-refractivity contribution in [2.75, 3.05) is 20.2 Å². The SMILES string of the molecule is C1CCNCC1.COC(=O)N(S)S. The normalized spacial score (nSPS) is 15.3. The molecular weight excluding hydrogens is 208 g/mol. The van der Waals surface area contributed by atoms with Gasteiger partial charge in [-0.15, -0.1) is 0 Å². The Bertz CT molecular complexity index is 129. The molecule has 0 aromatic carbocycles. The summed E-state index contributed by atoms with van der Waals surface area (Å²) in [5, 5.41) is 3.28. The molecule has 0 unspecified atom stereocenters. The fourth-order valence-corrected chi connectivity index (χ4v) is 1.05. The average molecular weight is 224 g/mol. The van der Waals surface area contributed by atoms with E-state index in [0.717, 1.165) is 3.71 Å². The van der Waals surface area contributed by atoms with Crippen LogP contribution in [0.15, 0.2) is 0 Å². The summed E-state index contributed by atoms with van der Waals surface area (Å²) >= 11 is 6.99. The summed E-state index contributed by atoms with van der Waals surface area (Å²) in [6.45, 7) is 2.50. The fraction of sp³-hybridized carbons (Fsp3) is 0.857. The summed E-state index contributed by atoms with van der Waals surface area (Å²) in [4.78, 5) is 10.1. The molecule has 1 aliphatic rings. The first-order valence-corrected chi connectivity index (χ1v) is 4.95. The summed E-state index contributed by atoms with van der Waals surface area (Å²) < 4.78 is 4.90. The predicted molar refractivity (Wildman–Crippen MR) is 58.9 cm³/mol. The van der Waals surface area contributed by atoms with E-state index >= 15 is 0 Å². The van der Waals surface area contributed by atoms with Crippen LogP contribution in [-0.4, -0.2) is 30.0 Å². The molecule has 0 bridgehead atoms. The molecule has 1 rings (SSSR count). The molecule has 0 radical (unpaired) electrons. The standard InChI is InChI=1S/C5H11N.C2H5NO2S2/c1-2-4-6-5-3-1;1-5-2(4)3(6)7/h6H,1-5H2;6-7H,1H3. The number of piperidine rings is 1. The van der Waals surface area contributed by atoms with E-state index in [9.17, 15) is 4.79 Å². The molecule has 6 heteroatoms. The molecule has 0 saturated carbocycles. The average Bonchev–Trinajstić information content (AvgIpc) is 2.20. The number of thiol groups is 2. The number of hydrogen-bond acceptors (Lipinski definition) is 5. The quantitative estimate of drug-likeness (QED) is 0.546. The topological polar surface area (TPSA) is 41.6 Å². The molecule has 0 aliphatic carbocycles. The van der Waals surface area contributed by atoms with Gasteiger partial charge in [0.2, 0.25) is 0 Å². The highest BCUT2D eigenvalue weighted by Crippen LogP contribution is 1.98. The second-order valence-electron chi connectivity index (χ2n) is 2.57. The van der Waals surface area contributed by atoms with Crippen LogP contribution in [0.1, 0.15) is 19.3 Å². The Morgan fingerprint density at radius 2 is 1.85 bits per heavy atom. The van der Waals surface area contributed by atoms with E-state index in [2.05, 4.69) is 35.7 Å². The van der Waals surface area contributed by atoms with Gasteiger partial charge < -0.3 is 10.1 Å². The number of carbonyl (C=O) groups is 1. The van der Waals surface area contributed by atoms with Crippen LogP contribution in [-0.2, 0) is 4.74 Å². The van der Waals surface area contributed by atoms with Crippen LogP contribution in [0.25, 0.3) is 0 Å². The van der Waals surface area contributed by atoms with Gasteiger partial charge in [0.15, 0.2) is 0 Å². The van der Waals surface area contributed by atoms with Crippen molar-refractivity contribution in [2.45, 2.75) is 19.3 Å². The Balaban J connectivity index is 0.000000223. The second-order valence-corrected chi connectivity index (χ2v) is 3.69. The van der Waals surface area contributed by atoms with Gasteiger partial charge in [-0.2, -0.15) is 3.71 Å². The zero-order valence-corrected chi connectivity index (χ0v) is 9.48. The third-order valence-corrected chi connectivity index (χ3v) is 1.87. The van der Waals surface area contributed by atoms with Crippen LogP contribution in [0.4, 0.5) is 4.79 Å². The Labute approximate surface area is 90.1 Å². The molecular formula is C7H16N2O2S2. The molecule has 0 atom stereocenters. The predicted octanol–water partition coefficient (Wildman–Crippen LogP) is 1.50. The number of carbonyl (C=O) groups excluding carboxylic acids is 1. The number of nitrogens with zero attached hydrogens (tertiary/aromatic N) is 1. The number of nitrogens with one attached hydrogen (secondary N) is 1. The molecule has 0 aromatic rings. The van der Waals surface area contributed by atoms with Crippen LogP contribution < -0.4 is 5.32 Å². The molecule has 1 fully saturated rings. The number of amides is 1. The highest BCUT2D eigenvalue weighted by molar-refractivity contribution is 7.94. The van der Waals surface area contributed by atoms with Crippen molar-refractivity contribution in [2.24, 2.45) is 0 Å². The maximum absolute atomic E-state index is 10.1. The third-order valence-electron chi connectivity index (χ3n) is 1.55. The number of ether oxygens (including phenoxy) is 1. The van der Waals surface area contributed by atoms with E-state index in [0.29, 0.717) is 0 Å². The van der Waals surface area contributed by atoms with Crippen LogP contribution in [0.3, 0.4) is 0 Å². The van der Waals surface area contributed by atoms with E-state index < -0.39 is 6.09 Å². The van der Waals surface area contributed by atoms with Crippen molar-refractivity contribution in [3.05, 3.63) is 0 Å². The van der Waals surface area contributed by atoms with Crippen molar-refractivity contribution in [1.29, 1.82) is 0 Å². The molecule has 1 N–H and O–H groups in total. The molecule has 1 saturated heterocycles. The Kier molecular flexibility index (Phi) is 8.48. The Morgan fingerprint density at radius 1 is 1.31 bits per heavy atom. The van der Waals surface area contributed by atoms with Gasteiger partial charge in [0.1, 0.15) is 0 Å². The van der Waals surface area contributed by atoms with Crippen molar-refractivity contribution in [3.63, 3.8) is 0 Å². The van der Waals surface area contributed by atoms with Crippen LogP contribution >= 0.6 is 25.6 Å². The minimum atomic E-state index is -0.591. The molecule has 1 aliphatic heterocycles. The Hall–Kier alpha value is -0.0700. The summed E-state index contributed by atoms with van der Waals surface area (Å²) in [5.41, 5.74) is 0. The molecule has 78 valence electrons. The highest BCUT2D eigenvalue weighted by atomic mass is 32.2. The van der Waals surface area contributed by atoms with Crippen LogP contribution in [0.5, 0.6) is 0 Å². The first-order valence-electron chi connectivity index (χ1n) is 4.15. The molecule has 1 heterocycles. The molecule has 13 heavy (non-hydrogen) atoms. The van der Waals surface area contributed by atoms with Gasteiger partial charge in [0.25, 0.3) is 0 Å². The number of rotatable bonds is 0. The molecule has 4 nitrogen and oxygen atoms in total. The van der Waals surface area contributed by atoms with Crippen molar-refractivity contribution < 1.29 is 9.53 Å². The largest absolute Gasteiger partial charge is 0.452 e. The van der Waals surface area contributed by atoms with E-state index in [1.165, 1.54) is 39.5 Å². The van der Waals surface area contributed by atoms with Gasteiger partial charge >= 0.3 is 6.09 Å². The second kappa shape index (κ2) is 8.52. The van der Waals surface area contributed by atoms with Gasteiger partial charge in [0.05, 0.1) is 7.11 Å².